The normalized spacial score (nSPS) is 14.9. The second-order valence-electron chi connectivity index (χ2n) is 7.63. The average molecular weight is 447 g/mol. The van der Waals surface area contributed by atoms with Crippen LogP contribution in [0, 0.1) is 5.92 Å². The highest BCUT2D eigenvalue weighted by atomic mass is 35.5. The molecule has 0 aliphatic carbocycles. The van der Waals surface area contributed by atoms with Crippen LogP contribution in [-0.4, -0.2) is 62.4 Å². The van der Waals surface area contributed by atoms with Crippen LogP contribution in [0.1, 0.15) is 40.5 Å². The fraction of sp³-hybridized carbons (Fsp3) is 0.684. The number of aromatic nitrogens is 4. The van der Waals surface area contributed by atoms with E-state index in [1.807, 2.05) is 4.68 Å². The Labute approximate surface area is 184 Å². The van der Waals surface area contributed by atoms with Gasteiger partial charge in [-0.1, -0.05) is 0 Å². The van der Waals surface area contributed by atoms with Gasteiger partial charge in [0.05, 0.1) is 18.1 Å². The SMILES string of the molecule is CC(C)N(CCn1ncc2c(NC(=O)C3CCOCC3)ncnc21)C(C)C.Cl.Cl. The third-order valence-corrected chi connectivity index (χ3v) is 5.16. The van der Waals surface area contributed by atoms with Gasteiger partial charge in [-0.2, -0.15) is 5.10 Å². The average Bonchev–Trinajstić information content (AvgIpc) is 3.06. The number of carbonyl (C=O) groups is 1. The van der Waals surface area contributed by atoms with Crippen LogP contribution in [0.4, 0.5) is 5.82 Å². The van der Waals surface area contributed by atoms with Crippen molar-refractivity contribution >= 4 is 47.6 Å². The standard InChI is InChI=1S/C19H30N6O2.2ClH/c1-13(2)24(14(3)4)7-8-25-18-16(11-22-25)17(20-12-21-18)23-19(26)15-5-9-27-10-6-15;;/h11-15H,5-10H2,1-4H3,(H,20,21,23,26);2*1H. The summed E-state index contributed by atoms with van der Waals surface area (Å²) in [5.41, 5.74) is 0.750. The summed E-state index contributed by atoms with van der Waals surface area (Å²) in [7, 11) is 0. The van der Waals surface area contributed by atoms with Gasteiger partial charge in [-0.25, -0.2) is 14.6 Å². The van der Waals surface area contributed by atoms with Crippen molar-refractivity contribution in [1.29, 1.82) is 0 Å². The number of ether oxygens (including phenoxy) is 1. The Morgan fingerprint density at radius 2 is 1.86 bits per heavy atom. The third-order valence-electron chi connectivity index (χ3n) is 5.16. The summed E-state index contributed by atoms with van der Waals surface area (Å²) >= 11 is 0. The summed E-state index contributed by atoms with van der Waals surface area (Å²) in [6, 6.07) is 0.937. The molecule has 1 N–H and O–H groups in total. The Morgan fingerprint density at radius 1 is 1.21 bits per heavy atom. The Morgan fingerprint density at radius 3 is 2.48 bits per heavy atom. The molecule has 0 bridgehead atoms. The van der Waals surface area contributed by atoms with Crippen molar-refractivity contribution in [3.8, 4) is 0 Å². The van der Waals surface area contributed by atoms with Gasteiger partial charge >= 0.3 is 0 Å². The lowest BCUT2D eigenvalue weighted by Gasteiger charge is -2.30. The molecular formula is C19H32Cl2N6O2. The number of nitrogens with one attached hydrogen (secondary N) is 1. The topological polar surface area (TPSA) is 85.2 Å². The van der Waals surface area contributed by atoms with Gasteiger partial charge in [0.15, 0.2) is 5.65 Å². The van der Waals surface area contributed by atoms with Crippen molar-refractivity contribution in [3.63, 3.8) is 0 Å². The first kappa shape index (κ1) is 25.6. The summed E-state index contributed by atoms with van der Waals surface area (Å²) in [5.74, 6) is 0.508. The van der Waals surface area contributed by atoms with E-state index in [0.717, 1.165) is 37.0 Å². The number of carbonyl (C=O) groups excluding carboxylic acids is 1. The molecule has 8 nitrogen and oxygen atoms in total. The lowest BCUT2D eigenvalue weighted by Crippen LogP contribution is -2.39. The predicted octanol–water partition coefficient (Wildman–Crippen LogP) is 3.15. The maximum absolute atomic E-state index is 12.5. The number of rotatable bonds is 7. The highest BCUT2D eigenvalue weighted by molar-refractivity contribution is 5.99. The van der Waals surface area contributed by atoms with E-state index in [9.17, 15) is 4.79 Å². The molecule has 1 fully saturated rings. The van der Waals surface area contributed by atoms with Crippen molar-refractivity contribution in [2.45, 2.75) is 59.2 Å². The van der Waals surface area contributed by atoms with Crippen LogP contribution < -0.4 is 5.32 Å². The molecule has 0 saturated carbocycles. The largest absolute Gasteiger partial charge is 0.381 e. The van der Waals surface area contributed by atoms with Gasteiger partial charge in [-0.15, -0.1) is 24.8 Å². The van der Waals surface area contributed by atoms with Gasteiger partial charge in [0, 0.05) is 37.8 Å². The molecule has 10 heteroatoms. The lowest BCUT2D eigenvalue weighted by molar-refractivity contribution is -0.122. The molecule has 0 unspecified atom stereocenters. The summed E-state index contributed by atoms with van der Waals surface area (Å²) in [6.07, 6.45) is 4.73. The molecule has 2 aromatic rings. The number of hydrogen-bond acceptors (Lipinski definition) is 6. The molecule has 1 aliphatic rings. The summed E-state index contributed by atoms with van der Waals surface area (Å²) < 4.78 is 7.22. The zero-order chi connectivity index (χ0) is 19.4. The first-order valence-electron chi connectivity index (χ1n) is 9.78. The molecule has 0 aromatic carbocycles. The number of hydrogen-bond donors (Lipinski definition) is 1. The maximum Gasteiger partial charge on any atom is 0.228 e. The predicted molar refractivity (Wildman–Crippen MR) is 119 cm³/mol. The van der Waals surface area contributed by atoms with Crippen molar-refractivity contribution in [2.75, 3.05) is 25.1 Å². The van der Waals surface area contributed by atoms with Crippen molar-refractivity contribution in [1.82, 2.24) is 24.6 Å². The fourth-order valence-electron chi connectivity index (χ4n) is 3.66. The van der Waals surface area contributed by atoms with Crippen LogP contribution in [0.2, 0.25) is 0 Å². The quantitative estimate of drug-likeness (QED) is 0.702. The number of anilines is 1. The number of nitrogens with zero attached hydrogens (tertiary/aromatic N) is 5. The molecule has 1 aliphatic heterocycles. The molecule has 0 radical (unpaired) electrons. The molecule has 2 aromatic heterocycles. The van der Waals surface area contributed by atoms with Crippen LogP contribution >= 0.6 is 24.8 Å². The van der Waals surface area contributed by atoms with E-state index in [0.29, 0.717) is 31.1 Å². The number of amides is 1. The molecule has 1 amide bonds. The summed E-state index contributed by atoms with van der Waals surface area (Å²) in [6.45, 7) is 11.7. The fourth-order valence-corrected chi connectivity index (χ4v) is 3.66. The van der Waals surface area contributed by atoms with Crippen LogP contribution in [0.5, 0.6) is 0 Å². The minimum absolute atomic E-state index is 0. The van der Waals surface area contributed by atoms with Crippen molar-refractivity contribution in [2.24, 2.45) is 5.92 Å². The van der Waals surface area contributed by atoms with Crippen LogP contribution in [0.15, 0.2) is 12.5 Å². The molecule has 3 rings (SSSR count). The number of halogens is 2. The molecule has 1 saturated heterocycles. The second kappa shape index (κ2) is 11.6. The van der Waals surface area contributed by atoms with E-state index in [4.69, 9.17) is 4.74 Å². The highest BCUT2D eigenvalue weighted by Crippen LogP contribution is 2.22. The molecule has 0 spiro atoms. The Balaban J connectivity index is 0.00000210. The van der Waals surface area contributed by atoms with E-state index >= 15 is 0 Å². The monoisotopic (exact) mass is 446 g/mol. The van der Waals surface area contributed by atoms with Gasteiger partial charge < -0.3 is 10.1 Å². The first-order chi connectivity index (χ1) is 13.0. The van der Waals surface area contributed by atoms with Crippen molar-refractivity contribution in [3.05, 3.63) is 12.5 Å². The van der Waals surface area contributed by atoms with E-state index in [-0.39, 0.29) is 36.6 Å². The molecule has 29 heavy (non-hydrogen) atoms. The van der Waals surface area contributed by atoms with Gasteiger partial charge in [0.1, 0.15) is 12.1 Å². The Bertz CT molecular complexity index is 769. The molecule has 164 valence electrons. The van der Waals surface area contributed by atoms with E-state index in [1.165, 1.54) is 6.33 Å². The van der Waals surface area contributed by atoms with Crippen molar-refractivity contribution < 1.29 is 9.53 Å². The van der Waals surface area contributed by atoms with E-state index < -0.39 is 0 Å². The lowest BCUT2D eigenvalue weighted by atomic mass is 9.99. The second-order valence-corrected chi connectivity index (χ2v) is 7.63. The smallest absolute Gasteiger partial charge is 0.228 e. The molecular weight excluding hydrogens is 415 g/mol. The van der Waals surface area contributed by atoms with Crippen LogP contribution in [0.3, 0.4) is 0 Å². The summed E-state index contributed by atoms with van der Waals surface area (Å²) in [4.78, 5) is 23.6. The minimum Gasteiger partial charge on any atom is -0.381 e. The van der Waals surface area contributed by atoms with Gasteiger partial charge in [-0.05, 0) is 40.5 Å². The van der Waals surface area contributed by atoms with Crippen LogP contribution in [-0.2, 0) is 16.1 Å². The maximum atomic E-state index is 12.5. The first-order valence-corrected chi connectivity index (χ1v) is 9.78. The zero-order valence-electron chi connectivity index (χ0n) is 17.5. The highest BCUT2D eigenvalue weighted by Gasteiger charge is 2.23. The third kappa shape index (κ3) is 6.25. The van der Waals surface area contributed by atoms with Gasteiger partial charge in [0.25, 0.3) is 0 Å². The number of fused-ring (bicyclic) bond motifs is 1. The minimum atomic E-state index is -0.0237. The van der Waals surface area contributed by atoms with Crippen LogP contribution in [0.25, 0.3) is 11.0 Å². The van der Waals surface area contributed by atoms with E-state index in [2.05, 4.69) is 53.0 Å². The zero-order valence-corrected chi connectivity index (χ0v) is 19.1. The summed E-state index contributed by atoms with van der Waals surface area (Å²) in [5, 5.41) is 8.22. The van der Waals surface area contributed by atoms with Gasteiger partial charge in [0.2, 0.25) is 5.91 Å². The molecule has 3 heterocycles. The molecule has 0 atom stereocenters. The Kier molecular flexibility index (Phi) is 10.3. The van der Waals surface area contributed by atoms with Gasteiger partial charge in [-0.3, -0.25) is 9.69 Å². The Hall–Kier alpha value is -1.48. The van der Waals surface area contributed by atoms with E-state index in [1.54, 1.807) is 6.20 Å².